The number of amides is 4. The largest absolute Gasteiger partial charge is 0.326 e. The molecule has 0 aliphatic carbocycles. The molecule has 1 aliphatic heterocycles. The second-order valence-electron chi connectivity index (χ2n) is 8.83. The van der Waals surface area contributed by atoms with Crippen LogP contribution >= 0.6 is 11.6 Å². The van der Waals surface area contributed by atoms with E-state index in [1.807, 2.05) is 31.2 Å². The molecule has 8 heteroatoms. The summed E-state index contributed by atoms with van der Waals surface area (Å²) in [6.45, 7) is 3.57. The van der Waals surface area contributed by atoms with Gasteiger partial charge in [0.05, 0.1) is 18.5 Å². The van der Waals surface area contributed by atoms with Crippen LogP contribution in [-0.4, -0.2) is 34.6 Å². The topological polar surface area (TPSA) is 86.8 Å². The van der Waals surface area contributed by atoms with Crippen molar-refractivity contribution in [2.24, 2.45) is 0 Å². The van der Waals surface area contributed by atoms with Gasteiger partial charge in [-0.1, -0.05) is 53.6 Å². The van der Waals surface area contributed by atoms with Crippen LogP contribution in [0.2, 0.25) is 5.02 Å². The summed E-state index contributed by atoms with van der Waals surface area (Å²) in [5, 5.41) is 3.23. The molecule has 0 radical (unpaired) electrons. The van der Waals surface area contributed by atoms with Crippen LogP contribution in [0.4, 0.5) is 11.4 Å². The third kappa shape index (κ3) is 5.80. The van der Waals surface area contributed by atoms with Crippen LogP contribution in [0.3, 0.4) is 0 Å². The fourth-order valence-corrected chi connectivity index (χ4v) is 4.29. The van der Waals surface area contributed by atoms with Crippen LogP contribution in [-0.2, 0) is 32.1 Å². The molecule has 1 saturated heterocycles. The Bertz CT molecular complexity index is 1290. The lowest BCUT2D eigenvalue weighted by atomic mass is 10.1. The Morgan fingerprint density at radius 3 is 2.17 bits per heavy atom. The lowest BCUT2D eigenvalue weighted by molar-refractivity contribution is -0.138. The molecule has 7 nitrogen and oxygen atoms in total. The van der Waals surface area contributed by atoms with E-state index in [9.17, 15) is 19.2 Å². The molecule has 1 unspecified atom stereocenters. The number of aryl methyl sites for hydroxylation is 1. The number of hydrogen-bond donors (Lipinski definition) is 1. The van der Waals surface area contributed by atoms with E-state index >= 15 is 0 Å². The predicted molar refractivity (Wildman–Crippen MR) is 139 cm³/mol. The maximum atomic E-state index is 13.5. The van der Waals surface area contributed by atoms with Crippen molar-refractivity contribution in [2.75, 3.05) is 10.2 Å². The zero-order valence-electron chi connectivity index (χ0n) is 20.0. The molecule has 0 bridgehead atoms. The second-order valence-corrected chi connectivity index (χ2v) is 9.26. The molecule has 1 aliphatic rings. The Balaban J connectivity index is 1.60. The van der Waals surface area contributed by atoms with Gasteiger partial charge in [0.15, 0.2) is 0 Å². The summed E-state index contributed by atoms with van der Waals surface area (Å²) in [5.41, 5.74) is 3.66. The number of benzene rings is 3. The Morgan fingerprint density at radius 2 is 1.56 bits per heavy atom. The van der Waals surface area contributed by atoms with E-state index in [1.54, 1.807) is 48.5 Å². The highest BCUT2D eigenvalue weighted by atomic mass is 35.5. The fraction of sp³-hybridized carbons (Fsp3) is 0.214. The number of nitrogens with zero attached hydrogens (tertiary/aromatic N) is 2. The van der Waals surface area contributed by atoms with Crippen molar-refractivity contribution in [1.82, 2.24) is 4.90 Å². The number of hydrogen-bond acceptors (Lipinski definition) is 4. The van der Waals surface area contributed by atoms with E-state index in [0.29, 0.717) is 16.4 Å². The molecular weight excluding hydrogens is 478 g/mol. The first-order valence-electron chi connectivity index (χ1n) is 11.5. The number of carbonyl (C=O) groups excluding carboxylic acids is 4. The first kappa shape index (κ1) is 25.1. The minimum absolute atomic E-state index is 0.0758. The summed E-state index contributed by atoms with van der Waals surface area (Å²) < 4.78 is 0. The number of anilines is 2. The normalized spacial score (nSPS) is 15.2. The Kier molecular flexibility index (Phi) is 7.50. The van der Waals surface area contributed by atoms with Gasteiger partial charge in [0.25, 0.3) is 5.91 Å². The van der Waals surface area contributed by atoms with Crippen molar-refractivity contribution >= 4 is 46.6 Å². The summed E-state index contributed by atoms with van der Waals surface area (Å²) in [6, 6.07) is 20.2. The van der Waals surface area contributed by atoms with E-state index in [1.165, 1.54) is 11.8 Å². The van der Waals surface area contributed by atoms with Gasteiger partial charge in [0.1, 0.15) is 6.04 Å². The second kappa shape index (κ2) is 10.7. The molecule has 0 aromatic heterocycles. The standard InChI is InChI=1S/C28H26ClN3O4/c1-18-3-5-21(6-4-18)17-31(26(34)15-20-7-9-22(29)10-8-20)25-16-27(35)32(28(25)36)24-13-11-23(12-14-24)30-19(2)33/h3-14,25H,15-17H2,1-2H3,(H,30,33). The average molecular weight is 504 g/mol. The smallest absolute Gasteiger partial charge is 0.257 e. The summed E-state index contributed by atoms with van der Waals surface area (Å²) in [7, 11) is 0. The summed E-state index contributed by atoms with van der Waals surface area (Å²) in [5.74, 6) is -1.32. The fourth-order valence-electron chi connectivity index (χ4n) is 4.17. The van der Waals surface area contributed by atoms with Gasteiger partial charge < -0.3 is 10.2 Å². The van der Waals surface area contributed by atoms with Crippen LogP contribution in [0.5, 0.6) is 0 Å². The Morgan fingerprint density at radius 1 is 0.944 bits per heavy atom. The Labute approximate surface area is 214 Å². The van der Waals surface area contributed by atoms with E-state index < -0.39 is 11.9 Å². The van der Waals surface area contributed by atoms with Gasteiger partial charge >= 0.3 is 0 Å². The van der Waals surface area contributed by atoms with E-state index in [4.69, 9.17) is 11.6 Å². The third-order valence-electron chi connectivity index (χ3n) is 6.01. The summed E-state index contributed by atoms with van der Waals surface area (Å²) >= 11 is 5.97. The molecular formula is C28H26ClN3O4. The molecule has 184 valence electrons. The van der Waals surface area contributed by atoms with Crippen molar-refractivity contribution < 1.29 is 19.2 Å². The van der Waals surface area contributed by atoms with Crippen molar-refractivity contribution in [2.45, 2.75) is 39.3 Å². The van der Waals surface area contributed by atoms with Crippen LogP contribution in [0.1, 0.15) is 30.0 Å². The van der Waals surface area contributed by atoms with Crippen molar-refractivity contribution in [3.63, 3.8) is 0 Å². The van der Waals surface area contributed by atoms with E-state index in [0.717, 1.165) is 21.6 Å². The van der Waals surface area contributed by atoms with E-state index in [2.05, 4.69) is 5.32 Å². The van der Waals surface area contributed by atoms with E-state index in [-0.39, 0.29) is 37.1 Å². The van der Waals surface area contributed by atoms with Gasteiger partial charge in [-0.2, -0.15) is 0 Å². The summed E-state index contributed by atoms with van der Waals surface area (Å²) in [6.07, 6.45) is -0.0308. The monoisotopic (exact) mass is 503 g/mol. The average Bonchev–Trinajstić information content (AvgIpc) is 3.13. The maximum Gasteiger partial charge on any atom is 0.257 e. The van der Waals surface area contributed by atoms with Crippen LogP contribution in [0.25, 0.3) is 0 Å². The molecule has 1 N–H and O–H groups in total. The lowest BCUT2D eigenvalue weighted by Gasteiger charge is -2.28. The summed E-state index contributed by atoms with van der Waals surface area (Å²) in [4.78, 5) is 53.8. The first-order valence-corrected chi connectivity index (χ1v) is 11.9. The highest BCUT2D eigenvalue weighted by Crippen LogP contribution is 2.28. The molecule has 4 amide bonds. The lowest BCUT2D eigenvalue weighted by Crippen LogP contribution is -2.45. The predicted octanol–water partition coefficient (Wildman–Crippen LogP) is 4.51. The van der Waals surface area contributed by atoms with Crippen molar-refractivity contribution in [3.05, 3.63) is 94.5 Å². The molecule has 1 heterocycles. The molecule has 36 heavy (non-hydrogen) atoms. The molecule has 1 atom stereocenters. The number of nitrogens with one attached hydrogen (secondary N) is 1. The molecule has 3 aromatic carbocycles. The maximum absolute atomic E-state index is 13.5. The number of imide groups is 1. The molecule has 1 fully saturated rings. The SMILES string of the molecule is CC(=O)Nc1ccc(N2C(=O)CC(N(Cc3ccc(C)cc3)C(=O)Cc3ccc(Cl)cc3)C2=O)cc1. The van der Waals surface area contributed by atoms with Gasteiger partial charge in [-0.05, 0) is 54.4 Å². The van der Waals surface area contributed by atoms with Crippen molar-refractivity contribution in [3.8, 4) is 0 Å². The highest BCUT2D eigenvalue weighted by Gasteiger charge is 2.44. The van der Waals surface area contributed by atoms with Gasteiger partial charge in [-0.25, -0.2) is 4.90 Å². The highest BCUT2D eigenvalue weighted by molar-refractivity contribution is 6.30. The quantitative estimate of drug-likeness (QED) is 0.480. The van der Waals surface area contributed by atoms with Crippen LogP contribution in [0, 0.1) is 6.92 Å². The Hall–Kier alpha value is -3.97. The third-order valence-corrected chi connectivity index (χ3v) is 6.26. The minimum Gasteiger partial charge on any atom is -0.326 e. The zero-order valence-corrected chi connectivity index (χ0v) is 20.8. The van der Waals surface area contributed by atoms with Crippen LogP contribution in [0.15, 0.2) is 72.8 Å². The number of carbonyl (C=O) groups is 4. The van der Waals surface area contributed by atoms with Crippen LogP contribution < -0.4 is 10.2 Å². The van der Waals surface area contributed by atoms with Gasteiger partial charge in [-0.15, -0.1) is 0 Å². The van der Waals surface area contributed by atoms with Gasteiger partial charge in [0, 0.05) is 24.2 Å². The first-order chi connectivity index (χ1) is 17.2. The number of halogens is 1. The zero-order chi connectivity index (χ0) is 25.8. The van der Waals surface area contributed by atoms with Crippen molar-refractivity contribution in [1.29, 1.82) is 0 Å². The van der Waals surface area contributed by atoms with Gasteiger partial charge in [0.2, 0.25) is 17.7 Å². The molecule has 3 aromatic rings. The van der Waals surface area contributed by atoms with Gasteiger partial charge in [-0.3, -0.25) is 19.2 Å². The molecule has 4 rings (SSSR count). The molecule has 0 saturated carbocycles. The molecule has 0 spiro atoms. The minimum atomic E-state index is -0.923. The number of rotatable bonds is 7.